The molecule has 0 aromatic carbocycles. The van der Waals surface area contributed by atoms with Gasteiger partial charge in [-0.05, 0) is 34.8 Å². The molecule has 1 aliphatic rings. The van der Waals surface area contributed by atoms with Crippen LogP contribution in [0.4, 0.5) is 0 Å². The van der Waals surface area contributed by atoms with Gasteiger partial charge in [-0.3, -0.25) is 0 Å². The topological polar surface area (TPSA) is 94.9 Å². The zero-order valence-corrected chi connectivity index (χ0v) is 13.0. The van der Waals surface area contributed by atoms with Crippen LogP contribution in [0.25, 0.3) is 0 Å². The van der Waals surface area contributed by atoms with Crippen molar-refractivity contribution in [3.8, 4) is 0 Å². The molecular weight excluding hydrogens is 358 g/mol. The van der Waals surface area contributed by atoms with Crippen LogP contribution in [0.15, 0.2) is 14.7 Å². The number of rotatable bonds is 4. The second-order valence-corrected chi connectivity index (χ2v) is 8.38. The van der Waals surface area contributed by atoms with Crippen LogP contribution in [0, 0.1) is 0 Å². The van der Waals surface area contributed by atoms with Crippen molar-refractivity contribution in [1.29, 1.82) is 0 Å². The molecule has 2 N–H and O–H groups in total. The van der Waals surface area contributed by atoms with Crippen molar-refractivity contribution in [2.24, 2.45) is 0 Å². The lowest BCUT2D eigenvalue weighted by Crippen LogP contribution is -2.37. The minimum Gasteiger partial charge on any atom is -0.477 e. The van der Waals surface area contributed by atoms with Crippen LogP contribution in [-0.4, -0.2) is 48.1 Å². The summed E-state index contributed by atoms with van der Waals surface area (Å²) in [4.78, 5) is 10.8. The molecule has 1 fully saturated rings. The minimum absolute atomic E-state index is 0.0369. The van der Waals surface area contributed by atoms with Crippen LogP contribution >= 0.6 is 27.3 Å². The SMILES string of the molecule is O=C(O)c1cc(S(=O)(=O)N2CCCC2CO)c(Br)s1. The number of hydrogen-bond donors (Lipinski definition) is 2. The summed E-state index contributed by atoms with van der Waals surface area (Å²) in [5, 5.41) is 18.1. The van der Waals surface area contributed by atoms with E-state index in [2.05, 4.69) is 15.9 Å². The molecule has 1 aromatic rings. The fourth-order valence-electron chi connectivity index (χ4n) is 2.07. The van der Waals surface area contributed by atoms with E-state index in [1.165, 1.54) is 4.31 Å². The number of nitrogens with zero attached hydrogens (tertiary/aromatic N) is 1. The van der Waals surface area contributed by atoms with E-state index in [-0.39, 0.29) is 20.2 Å². The van der Waals surface area contributed by atoms with Crippen molar-refractivity contribution in [3.05, 3.63) is 14.7 Å². The molecule has 0 spiro atoms. The number of thiophene rings is 1. The van der Waals surface area contributed by atoms with E-state index in [9.17, 15) is 18.3 Å². The molecule has 0 aliphatic carbocycles. The molecule has 0 amide bonds. The maximum Gasteiger partial charge on any atom is 0.345 e. The summed E-state index contributed by atoms with van der Waals surface area (Å²) in [6.45, 7) is 0.116. The van der Waals surface area contributed by atoms with E-state index < -0.39 is 22.0 Å². The van der Waals surface area contributed by atoms with E-state index >= 15 is 0 Å². The maximum atomic E-state index is 12.5. The van der Waals surface area contributed by atoms with Crippen molar-refractivity contribution in [2.75, 3.05) is 13.2 Å². The first-order valence-electron chi connectivity index (χ1n) is 5.53. The van der Waals surface area contributed by atoms with Gasteiger partial charge < -0.3 is 10.2 Å². The molecule has 1 atom stereocenters. The van der Waals surface area contributed by atoms with Crippen molar-refractivity contribution >= 4 is 43.3 Å². The molecule has 106 valence electrons. The third kappa shape index (κ3) is 2.70. The van der Waals surface area contributed by atoms with Crippen LogP contribution < -0.4 is 0 Å². The van der Waals surface area contributed by atoms with Gasteiger partial charge in [0.15, 0.2) is 0 Å². The highest BCUT2D eigenvalue weighted by Crippen LogP contribution is 2.35. The van der Waals surface area contributed by atoms with Gasteiger partial charge in [-0.25, -0.2) is 13.2 Å². The van der Waals surface area contributed by atoms with E-state index in [4.69, 9.17) is 5.11 Å². The highest BCUT2D eigenvalue weighted by molar-refractivity contribution is 9.11. The number of carbonyl (C=O) groups is 1. The summed E-state index contributed by atoms with van der Waals surface area (Å²) in [6.07, 6.45) is 1.31. The van der Waals surface area contributed by atoms with Crippen molar-refractivity contribution in [1.82, 2.24) is 4.31 Å². The Morgan fingerprint density at radius 1 is 1.58 bits per heavy atom. The number of carboxylic acids is 1. The summed E-state index contributed by atoms with van der Waals surface area (Å²) in [6, 6.07) is 0.726. The number of hydrogen-bond acceptors (Lipinski definition) is 5. The molecular formula is C10H12BrNO5S2. The monoisotopic (exact) mass is 369 g/mol. The molecule has 0 radical (unpaired) electrons. The maximum absolute atomic E-state index is 12.5. The molecule has 0 bridgehead atoms. The van der Waals surface area contributed by atoms with Crippen LogP contribution in [-0.2, 0) is 10.0 Å². The average Bonchev–Trinajstić information content (AvgIpc) is 2.94. The Balaban J connectivity index is 2.42. The quantitative estimate of drug-likeness (QED) is 0.835. The van der Waals surface area contributed by atoms with Gasteiger partial charge in [0.05, 0.1) is 10.4 Å². The third-order valence-electron chi connectivity index (χ3n) is 2.99. The van der Waals surface area contributed by atoms with E-state index in [0.29, 0.717) is 19.4 Å². The lowest BCUT2D eigenvalue weighted by Gasteiger charge is -2.21. The molecule has 1 aliphatic heterocycles. The molecule has 2 heterocycles. The van der Waals surface area contributed by atoms with Gasteiger partial charge in [0.25, 0.3) is 0 Å². The lowest BCUT2D eigenvalue weighted by molar-refractivity contribution is 0.0702. The Kier molecular flexibility index (Phi) is 4.31. The molecule has 0 saturated carbocycles. The van der Waals surface area contributed by atoms with Gasteiger partial charge in [-0.15, -0.1) is 11.3 Å². The van der Waals surface area contributed by atoms with Crippen LogP contribution in [0.2, 0.25) is 0 Å². The highest BCUT2D eigenvalue weighted by Gasteiger charge is 2.37. The summed E-state index contributed by atoms with van der Waals surface area (Å²) in [5.41, 5.74) is 0. The van der Waals surface area contributed by atoms with Crippen molar-refractivity contribution < 1.29 is 23.4 Å². The van der Waals surface area contributed by atoms with E-state index in [1.54, 1.807) is 0 Å². The number of halogens is 1. The highest BCUT2D eigenvalue weighted by atomic mass is 79.9. The minimum atomic E-state index is -3.77. The fraction of sp³-hybridized carbons (Fsp3) is 0.500. The predicted octanol–water partition coefficient (Wildman–Crippen LogP) is 1.35. The molecule has 2 rings (SSSR count). The smallest absolute Gasteiger partial charge is 0.345 e. The Bertz CT molecular complexity index is 597. The van der Waals surface area contributed by atoms with Crippen molar-refractivity contribution in [3.63, 3.8) is 0 Å². The van der Waals surface area contributed by atoms with Crippen molar-refractivity contribution in [2.45, 2.75) is 23.8 Å². The lowest BCUT2D eigenvalue weighted by atomic mass is 10.2. The Morgan fingerprint density at radius 3 is 2.79 bits per heavy atom. The Morgan fingerprint density at radius 2 is 2.26 bits per heavy atom. The summed E-state index contributed by atoms with van der Waals surface area (Å²) in [7, 11) is -3.77. The van der Waals surface area contributed by atoms with Gasteiger partial charge in [-0.2, -0.15) is 4.31 Å². The van der Waals surface area contributed by atoms with Crippen LogP contribution in [0.5, 0.6) is 0 Å². The number of aliphatic hydroxyl groups excluding tert-OH is 1. The van der Waals surface area contributed by atoms with E-state index in [0.717, 1.165) is 17.4 Å². The molecule has 1 saturated heterocycles. The first-order chi connectivity index (χ1) is 8.87. The molecule has 6 nitrogen and oxygen atoms in total. The predicted molar refractivity (Wildman–Crippen MR) is 73.0 cm³/mol. The summed E-state index contributed by atoms with van der Waals surface area (Å²) in [5.74, 6) is -1.16. The second kappa shape index (κ2) is 5.49. The van der Waals surface area contributed by atoms with Gasteiger partial charge in [0.1, 0.15) is 9.77 Å². The number of aliphatic hydroxyl groups is 1. The third-order valence-corrected chi connectivity index (χ3v) is 7.18. The van der Waals surface area contributed by atoms with Gasteiger partial charge in [-0.1, -0.05) is 0 Å². The molecule has 1 unspecified atom stereocenters. The second-order valence-electron chi connectivity index (χ2n) is 4.15. The number of carboxylic acid groups (broad SMARTS) is 1. The Labute approximate surface area is 122 Å². The molecule has 9 heteroatoms. The van der Waals surface area contributed by atoms with Crippen LogP contribution in [0.3, 0.4) is 0 Å². The average molecular weight is 370 g/mol. The molecule has 19 heavy (non-hydrogen) atoms. The fourth-order valence-corrected chi connectivity index (χ4v) is 6.11. The normalized spacial score (nSPS) is 20.8. The van der Waals surface area contributed by atoms with E-state index in [1.807, 2.05) is 0 Å². The standard InChI is InChI=1S/C10H12BrNO5S2/c11-9-8(4-7(18-9)10(14)15)19(16,17)12-3-1-2-6(12)5-13/h4,6,13H,1-3,5H2,(H,14,15). The first-order valence-corrected chi connectivity index (χ1v) is 8.58. The van der Waals surface area contributed by atoms with Crippen LogP contribution in [0.1, 0.15) is 22.5 Å². The number of aromatic carboxylic acids is 1. The first kappa shape index (κ1) is 14.9. The largest absolute Gasteiger partial charge is 0.477 e. The number of sulfonamides is 1. The zero-order valence-electron chi connectivity index (χ0n) is 9.74. The van der Waals surface area contributed by atoms with Gasteiger partial charge >= 0.3 is 5.97 Å². The molecule has 1 aromatic heterocycles. The summed E-state index contributed by atoms with van der Waals surface area (Å²) >= 11 is 3.96. The Hall–Kier alpha value is -0.480. The van der Waals surface area contributed by atoms with Gasteiger partial charge in [0.2, 0.25) is 10.0 Å². The summed E-state index contributed by atoms with van der Waals surface area (Å²) < 4.78 is 26.4. The van der Waals surface area contributed by atoms with Gasteiger partial charge in [0, 0.05) is 12.6 Å². The zero-order chi connectivity index (χ0) is 14.2.